The smallest absolute Gasteiger partial charge is 0.0714 e. The highest BCUT2D eigenvalue weighted by molar-refractivity contribution is 4.92. The minimum atomic E-state index is 0.0530. The molecule has 0 N–H and O–H groups in total. The predicted molar refractivity (Wildman–Crippen MR) is 86.1 cm³/mol. The molecular formula is C18H35NO. The molecule has 2 aliphatic rings. The van der Waals surface area contributed by atoms with Gasteiger partial charge >= 0.3 is 0 Å². The van der Waals surface area contributed by atoms with Crippen molar-refractivity contribution in [1.29, 1.82) is 0 Å². The van der Waals surface area contributed by atoms with E-state index in [1.54, 1.807) is 0 Å². The molecule has 0 aliphatic carbocycles. The largest absolute Gasteiger partial charge is 0.369 e. The lowest BCUT2D eigenvalue weighted by molar-refractivity contribution is -0.173. The molecule has 2 heterocycles. The van der Waals surface area contributed by atoms with Crippen molar-refractivity contribution < 1.29 is 4.74 Å². The topological polar surface area (TPSA) is 12.5 Å². The van der Waals surface area contributed by atoms with Crippen LogP contribution in [0.3, 0.4) is 0 Å². The quantitative estimate of drug-likeness (QED) is 0.642. The van der Waals surface area contributed by atoms with Crippen molar-refractivity contribution in [3.8, 4) is 0 Å². The molecule has 0 atom stereocenters. The Balaban J connectivity index is 2.12. The molecule has 2 saturated heterocycles. The Labute approximate surface area is 126 Å². The van der Waals surface area contributed by atoms with Crippen molar-refractivity contribution >= 4 is 0 Å². The number of hydrogen-bond acceptors (Lipinski definition) is 2. The highest BCUT2D eigenvalue weighted by Crippen LogP contribution is 2.42. The monoisotopic (exact) mass is 281 g/mol. The third-order valence-corrected chi connectivity index (χ3v) is 5.53. The molecule has 0 aromatic rings. The number of rotatable bonds is 0. The third kappa shape index (κ3) is 4.46. The summed E-state index contributed by atoms with van der Waals surface area (Å²) in [5.41, 5.74) is 0.684. The lowest BCUT2D eigenvalue weighted by Gasteiger charge is -2.47. The van der Waals surface area contributed by atoms with Gasteiger partial charge in [-0.05, 0) is 64.8 Å². The molecule has 0 unspecified atom stereocenters. The third-order valence-electron chi connectivity index (χ3n) is 5.53. The van der Waals surface area contributed by atoms with E-state index in [-0.39, 0.29) is 11.2 Å². The van der Waals surface area contributed by atoms with E-state index in [1.807, 2.05) is 0 Å². The molecule has 0 saturated carbocycles. The highest BCUT2D eigenvalue weighted by Gasteiger charge is 2.40. The van der Waals surface area contributed by atoms with Crippen LogP contribution in [0.25, 0.3) is 0 Å². The van der Waals surface area contributed by atoms with Crippen LogP contribution in [0.5, 0.6) is 0 Å². The van der Waals surface area contributed by atoms with E-state index in [4.69, 9.17) is 4.74 Å². The molecule has 2 nitrogen and oxygen atoms in total. The van der Waals surface area contributed by atoms with E-state index in [9.17, 15) is 0 Å². The first kappa shape index (κ1) is 16.3. The fourth-order valence-corrected chi connectivity index (χ4v) is 3.91. The molecule has 2 aliphatic heterocycles. The number of likely N-dealkylation sites (tertiary alicyclic amines) is 1. The average Bonchev–Trinajstić information content (AvgIpc) is 2.35. The lowest BCUT2D eigenvalue weighted by Crippen LogP contribution is -2.49. The zero-order chi connectivity index (χ0) is 14.9. The van der Waals surface area contributed by atoms with Gasteiger partial charge in [0.2, 0.25) is 0 Å². The van der Waals surface area contributed by atoms with Crippen LogP contribution in [-0.2, 0) is 4.74 Å². The van der Waals surface area contributed by atoms with Gasteiger partial charge in [0.1, 0.15) is 0 Å². The average molecular weight is 281 g/mol. The summed E-state index contributed by atoms with van der Waals surface area (Å²) >= 11 is 0. The number of nitrogens with zero attached hydrogens (tertiary/aromatic N) is 1. The Morgan fingerprint density at radius 3 is 2.00 bits per heavy atom. The first-order valence-corrected chi connectivity index (χ1v) is 8.61. The summed E-state index contributed by atoms with van der Waals surface area (Å²) in [5.74, 6) is 0. The Hall–Kier alpha value is -0.0800. The summed E-state index contributed by atoms with van der Waals surface area (Å²) in [4.78, 5) is 2.45. The summed E-state index contributed by atoms with van der Waals surface area (Å²) in [6, 6.07) is 0. The van der Waals surface area contributed by atoms with Crippen molar-refractivity contribution in [2.24, 2.45) is 5.41 Å². The second-order valence-electron chi connectivity index (χ2n) is 8.72. The summed E-state index contributed by atoms with van der Waals surface area (Å²) in [6.07, 6.45) is 10.2. The van der Waals surface area contributed by atoms with Crippen molar-refractivity contribution in [2.75, 3.05) is 20.1 Å². The zero-order valence-electron chi connectivity index (χ0n) is 14.4. The molecule has 20 heavy (non-hydrogen) atoms. The zero-order valence-corrected chi connectivity index (χ0v) is 14.4. The Morgan fingerprint density at radius 1 is 0.750 bits per heavy atom. The lowest BCUT2D eigenvalue weighted by atomic mass is 9.75. The molecule has 0 bridgehead atoms. The van der Waals surface area contributed by atoms with Gasteiger partial charge < -0.3 is 9.64 Å². The van der Waals surface area contributed by atoms with Crippen LogP contribution >= 0.6 is 0 Å². The first-order valence-electron chi connectivity index (χ1n) is 8.61. The standard InChI is InChI=1S/C18H35NO/c1-16(2)8-6-7-9-17(3,4)20-18(11-10-16)12-14-19(5)15-13-18/h6-15H2,1-5H3. The van der Waals surface area contributed by atoms with E-state index in [0.29, 0.717) is 5.41 Å². The van der Waals surface area contributed by atoms with Gasteiger partial charge in [0.05, 0.1) is 11.2 Å². The minimum absolute atomic E-state index is 0.0530. The van der Waals surface area contributed by atoms with Crippen molar-refractivity contribution in [3.63, 3.8) is 0 Å². The van der Waals surface area contributed by atoms with Crippen molar-refractivity contribution in [1.82, 2.24) is 4.90 Å². The second kappa shape index (κ2) is 5.96. The Bertz CT molecular complexity index is 313. The summed E-state index contributed by atoms with van der Waals surface area (Å²) in [5, 5.41) is 0. The van der Waals surface area contributed by atoms with Gasteiger partial charge in [0, 0.05) is 13.1 Å². The molecular weight excluding hydrogens is 246 g/mol. The van der Waals surface area contributed by atoms with E-state index in [2.05, 4.69) is 39.6 Å². The molecule has 2 fully saturated rings. The van der Waals surface area contributed by atoms with E-state index >= 15 is 0 Å². The Morgan fingerprint density at radius 2 is 1.35 bits per heavy atom. The van der Waals surface area contributed by atoms with Gasteiger partial charge in [0.15, 0.2) is 0 Å². The normalized spacial score (nSPS) is 31.1. The van der Waals surface area contributed by atoms with Crippen LogP contribution in [-0.4, -0.2) is 36.2 Å². The Kier molecular flexibility index (Phi) is 4.86. The molecule has 0 aromatic carbocycles. The number of ether oxygens (including phenoxy) is 1. The number of piperidine rings is 1. The second-order valence-corrected chi connectivity index (χ2v) is 8.72. The first-order chi connectivity index (χ1) is 9.22. The van der Waals surface area contributed by atoms with Gasteiger partial charge in [-0.25, -0.2) is 0 Å². The van der Waals surface area contributed by atoms with E-state index in [1.165, 1.54) is 64.5 Å². The van der Waals surface area contributed by atoms with Crippen LogP contribution in [0.4, 0.5) is 0 Å². The van der Waals surface area contributed by atoms with E-state index < -0.39 is 0 Å². The summed E-state index contributed by atoms with van der Waals surface area (Å²) in [6.45, 7) is 11.9. The maximum absolute atomic E-state index is 6.76. The molecule has 2 heteroatoms. The van der Waals surface area contributed by atoms with Gasteiger partial charge in [-0.15, -0.1) is 0 Å². The molecule has 0 radical (unpaired) electrons. The highest BCUT2D eigenvalue weighted by atomic mass is 16.5. The molecule has 1 spiro atoms. The van der Waals surface area contributed by atoms with Crippen molar-refractivity contribution in [3.05, 3.63) is 0 Å². The van der Waals surface area contributed by atoms with Crippen LogP contribution in [0, 0.1) is 5.41 Å². The van der Waals surface area contributed by atoms with Gasteiger partial charge in [-0.2, -0.15) is 0 Å². The van der Waals surface area contributed by atoms with Crippen LogP contribution in [0.2, 0.25) is 0 Å². The minimum Gasteiger partial charge on any atom is -0.369 e. The van der Waals surface area contributed by atoms with Gasteiger partial charge in [-0.1, -0.05) is 26.7 Å². The SMILES string of the molecule is CN1CCC2(CC1)CCC(C)(C)CCCCC(C)(C)O2. The van der Waals surface area contributed by atoms with Crippen molar-refractivity contribution in [2.45, 2.75) is 90.3 Å². The molecule has 118 valence electrons. The summed E-state index contributed by atoms with van der Waals surface area (Å²) in [7, 11) is 2.24. The molecule has 2 rings (SSSR count). The van der Waals surface area contributed by atoms with Crippen LogP contribution in [0.15, 0.2) is 0 Å². The maximum Gasteiger partial charge on any atom is 0.0714 e. The molecule has 0 aromatic heterocycles. The fraction of sp³-hybridized carbons (Fsp3) is 1.00. The predicted octanol–water partition coefficient (Wildman–Crippen LogP) is 4.63. The van der Waals surface area contributed by atoms with Gasteiger partial charge in [-0.3, -0.25) is 0 Å². The van der Waals surface area contributed by atoms with Gasteiger partial charge in [0.25, 0.3) is 0 Å². The number of hydrogen-bond donors (Lipinski definition) is 0. The maximum atomic E-state index is 6.76. The van der Waals surface area contributed by atoms with Crippen LogP contribution < -0.4 is 0 Å². The van der Waals surface area contributed by atoms with E-state index in [0.717, 1.165) is 0 Å². The summed E-state index contributed by atoms with van der Waals surface area (Å²) < 4.78 is 6.76. The molecule has 0 amide bonds. The van der Waals surface area contributed by atoms with Crippen LogP contribution in [0.1, 0.15) is 79.1 Å². The fourth-order valence-electron chi connectivity index (χ4n) is 3.91.